The summed E-state index contributed by atoms with van der Waals surface area (Å²) >= 11 is 5.87. The van der Waals surface area contributed by atoms with E-state index < -0.39 is 4.92 Å². The van der Waals surface area contributed by atoms with E-state index in [9.17, 15) is 10.1 Å². The average Bonchev–Trinajstić information content (AvgIpc) is 2.83. The maximum absolute atomic E-state index is 10.8. The summed E-state index contributed by atoms with van der Waals surface area (Å²) in [6.07, 6.45) is 0. The molecule has 0 aliphatic rings. The van der Waals surface area contributed by atoms with Crippen molar-refractivity contribution in [1.82, 2.24) is 15.5 Å². The molecule has 1 aromatic heterocycles. The van der Waals surface area contributed by atoms with E-state index in [-0.39, 0.29) is 22.1 Å². The van der Waals surface area contributed by atoms with Gasteiger partial charge in [0.1, 0.15) is 0 Å². The van der Waals surface area contributed by atoms with Gasteiger partial charge in [-0.2, -0.15) is 0 Å². The molecule has 0 amide bonds. The molecule has 7 nitrogen and oxygen atoms in total. The monoisotopic (exact) mass is 310 g/mol. The molecule has 112 valence electrons. The van der Waals surface area contributed by atoms with Gasteiger partial charge in [0.25, 0.3) is 5.69 Å². The molecule has 0 fully saturated rings. The Morgan fingerprint density at radius 3 is 2.67 bits per heavy atom. The van der Waals surface area contributed by atoms with Crippen molar-refractivity contribution in [1.29, 1.82) is 0 Å². The van der Waals surface area contributed by atoms with Crippen LogP contribution in [-0.4, -0.2) is 20.7 Å². The number of halogens is 1. The van der Waals surface area contributed by atoms with Gasteiger partial charge in [0.05, 0.1) is 11.5 Å². The molecule has 0 radical (unpaired) electrons. The van der Waals surface area contributed by atoms with E-state index in [1.165, 1.54) is 12.1 Å². The van der Waals surface area contributed by atoms with Crippen LogP contribution in [0.3, 0.4) is 0 Å². The van der Waals surface area contributed by atoms with Crippen molar-refractivity contribution in [3.63, 3.8) is 0 Å². The van der Waals surface area contributed by atoms with E-state index in [4.69, 9.17) is 16.0 Å². The molecule has 1 N–H and O–H groups in total. The smallest absolute Gasteiger partial charge is 0.271 e. The second-order valence-electron chi connectivity index (χ2n) is 5.56. The Morgan fingerprint density at radius 2 is 2.05 bits per heavy atom. The summed E-state index contributed by atoms with van der Waals surface area (Å²) in [5, 5.41) is 22.1. The number of hydrogen-bond donors (Lipinski definition) is 1. The van der Waals surface area contributed by atoms with Gasteiger partial charge in [-0.3, -0.25) is 10.1 Å². The minimum Gasteiger partial charge on any atom is -0.419 e. The maximum Gasteiger partial charge on any atom is 0.271 e. The Hall–Kier alpha value is -1.99. The third-order valence-electron chi connectivity index (χ3n) is 2.58. The van der Waals surface area contributed by atoms with Gasteiger partial charge >= 0.3 is 0 Å². The third-order valence-corrected chi connectivity index (χ3v) is 2.80. The summed E-state index contributed by atoms with van der Waals surface area (Å²) in [5.41, 5.74) is 0.220. The lowest BCUT2D eigenvalue weighted by atomic mass is 10.1. The van der Waals surface area contributed by atoms with Gasteiger partial charge in [-0.15, -0.1) is 10.2 Å². The highest BCUT2D eigenvalue weighted by Crippen LogP contribution is 2.27. The number of nitrogens with zero attached hydrogens (tertiary/aromatic N) is 3. The molecular weight excluding hydrogens is 296 g/mol. The van der Waals surface area contributed by atoms with Gasteiger partial charge in [-0.25, -0.2) is 0 Å². The predicted molar refractivity (Wildman–Crippen MR) is 78.0 cm³/mol. The minimum atomic E-state index is -0.520. The second-order valence-corrected chi connectivity index (χ2v) is 6.00. The van der Waals surface area contributed by atoms with Crippen LogP contribution in [0.25, 0.3) is 11.5 Å². The Bertz CT molecular complexity index is 664. The second kappa shape index (κ2) is 5.79. The van der Waals surface area contributed by atoms with E-state index >= 15 is 0 Å². The van der Waals surface area contributed by atoms with E-state index in [1.807, 2.05) is 20.8 Å². The van der Waals surface area contributed by atoms with Crippen molar-refractivity contribution >= 4 is 17.3 Å². The number of nitro groups is 1. The third kappa shape index (κ3) is 4.24. The van der Waals surface area contributed by atoms with Gasteiger partial charge < -0.3 is 9.73 Å². The number of nitrogens with one attached hydrogen (secondary N) is 1. The minimum absolute atomic E-state index is 0.0799. The molecule has 8 heteroatoms. The molecule has 0 saturated carbocycles. The maximum atomic E-state index is 10.8. The first kappa shape index (κ1) is 15.4. The van der Waals surface area contributed by atoms with Gasteiger partial charge in [0.2, 0.25) is 11.8 Å². The predicted octanol–water partition coefficient (Wildman–Crippen LogP) is 3.19. The highest BCUT2D eigenvalue weighted by molar-refractivity contribution is 6.31. The fraction of sp³-hybridized carbons (Fsp3) is 0.385. The zero-order valence-corrected chi connectivity index (χ0v) is 12.6. The average molecular weight is 311 g/mol. The van der Waals surface area contributed by atoms with E-state index in [1.54, 1.807) is 6.07 Å². The van der Waals surface area contributed by atoms with Crippen molar-refractivity contribution in [3.8, 4) is 11.5 Å². The van der Waals surface area contributed by atoms with Crippen molar-refractivity contribution in [3.05, 3.63) is 39.2 Å². The molecule has 0 spiro atoms. The number of hydrogen-bond acceptors (Lipinski definition) is 6. The number of rotatable bonds is 4. The fourth-order valence-electron chi connectivity index (χ4n) is 1.59. The van der Waals surface area contributed by atoms with Crippen LogP contribution in [0.2, 0.25) is 5.02 Å². The summed E-state index contributed by atoms with van der Waals surface area (Å²) < 4.78 is 5.49. The number of nitro benzene ring substituents is 1. The summed E-state index contributed by atoms with van der Waals surface area (Å²) in [7, 11) is 0. The highest BCUT2D eigenvalue weighted by Gasteiger charge is 2.16. The first-order valence-electron chi connectivity index (χ1n) is 6.27. The van der Waals surface area contributed by atoms with Gasteiger partial charge in [0.15, 0.2) is 0 Å². The zero-order valence-electron chi connectivity index (χ0n) is 11.9. The van der Waals surface area contributed by atoms with Crippen LogP contribution in [0, 0.1) is 10.1 Å². The molecule has 1 aromatic carbocycles. The first-order valence-corrected chi connectivity index (χ1v) is 6.65. The molecule has 21 heavy (non-hydrogen) atoms. The number of benzene rings is 1. The Labute approximate surface area is 126 Å². The Morgan fingerprint density at radius 1 is 1.33 bits per heavy atom. The van der Waals surface area contributed by atoms with Crippen LogP contribution in [0.4, 0.5) is 5.69 Å². The van der Waals surface area contributed by atoms with Crippen molar-refractivity contribution < 1.29 is 9.34 Å². The number of aromatic nitrogens is 2. The summed E-state index contributed by atoms with van der Waals surface area (Å²) in [6.45, 7) is 6.47. The van der Waals surface area contributed by atoms with Crippen LogP contribution in [0.1, 0.15) is 26.7 Å². The molecule has 2 aromatic rings. The quantitative estimate of drug-likeness (QED) is 0.688. The Balaban J connectivity index is 2.23. The molecule has 2 rings (SSSR count). The van der Waals surface area contributed by atoms with Gasteiger partial charge in [0, 0.05) is 28.3 Å². The molecule has 0 aliphatic heterocycles. The van der Waals surface area contributed by atoms with Crippen LogP contribution in [-0.2, 0) is 6.54 Å². The van der Waals surface area contributed by atoms with Gasteiger partial charge in [-0.05, 0) is 26.8 Å². The lowest BCUT2D eigenvalue weighted by molar-refractivity contribution is -0.384. The highest BCUT2D eigenvalue weighted by atomic mass is 35.5. The van der Waals surface area contributed by atoms with Crippen molar-refractivity contribution in [2.24, 2.45) is 0 Å². The summed E-state index contributed by atoms with van der Waals surface area (Å²) in [4.78, 5) is 10.3. The molecule has 0 atom stereocenters. The normalized spacial score (nSPS) is 11.6. The van der Waals surface area contributed by atoms with Crippen LogP contribution < -0.4 is 5.32 Å². The summed E-state index contributed by atoms with van der Waals surface area (Å²) in [6, 6.07) is 4.16. The first-order chi connectivity index (χ1) is 9.74. The van der Waals surface area contributed by atoms with Crippen LogP contribution in [0.5, 0.6) is 0 Å². The van der Waals surface area contributed by atoms with Crippen molar-refractivity contribution in [2.45, 2.75) is 32.9 Å². The van der Waals surface area contributed by atoms with E-state index in [0.29, 0.717) is 18.0 Å². The topological polar surface area (TPSA) is 94.1 Å². The molecule has 0 saturated heterocycles. The molecule has 1 heterocycles. The lowest BCUT2D eigenvalue weighted by Crippen LogP contribution is -2.35. The van der Waals surface area contributed by atoms with Crippen LogP contribution >= 0.6 is 11.6 Å². The van der Waals surface area contributed by atoms with E-state index in [0.717, 1.165) is 0 Å². The fourth-order valence-corrected chi connectivity index (χ4v) is 1.81. The standard InChI is InChI=1S/C13H15ClN4O3/c1-13(2,3)15-7-11-16-17-12(21-11)8-4-9(14)6-10(5-8)18(19)20/h4-6,15H,7H2,1-3H3. The molecule has 0 aliphatic carbocycles. The lowest BCUT2D eigenvalue weighted by Gasteiger charge is -2.18. The van der Waals surface area contributed by atoms with Gasteiger partial charge in [-0.1, -0.05) is 11.6 Å². The molecular formula is C13H15ClN4O3. The van der Waals surface area contributed by atoms with Crippen LogP contribution in [0.15, 0.2) is 22.6 Å². The largest absolute Gasteiger partial charge is 0.419 e. The van der Waals surface area contributed by atoms with E-state index in [2.05, 4.69) is 15.5 Å². The summed E-state index contributed by atoms with van der Waals surface area (Å²) in [5.74, 6) is 0.605. The molecule has 0 bridgehead atoms. The molecule has 0 unspecified atom stereocenters. The Kier molecular flexibility index (Phi) is 4.24. The zero-order chi connectivity index (χ0) is 15.6. The SMILES string of the molecule is CC(C)(C)NCc1nnc(-c2cc(Cl)cc([N+](=O)[O-])c2)o1. The number of non-ortho nitro benzene ring substituents is 1. The van der Waals surface area contributed by atoms with Crippen molar-refractivity contribution in [2.75, 3.05) is 0 Å².